The zero-order valence-electron chi connectivity index (χ0n) is 34.4. The number of nitrogen functional groups attached to an aromatic ring is 2. The van der Waals surface area contributed by atoms with Crippen molar-refractivity contribution in [2.45, 2.75) is 24.9 Å². The van der Waals surface area contributed by atoms with Crippen molar-refractivity contribution in [1.29, 1.82) is 0 Å². The fraction of sp³-hybridized carbons (Fsp3) is 0.222. The predicted octanol–water partition coefficient (Wildman–Crippen LogP) is 7.42. The van der Waals surface area contributed by atoms with E-state index in [1.54, 1.807) is 29.4 Å². The van der Waals surface area contributed by atoms with Crippen molar-refractivity contribution in [3.63, 3.8) is 0 Å². The highest BCUT2D eigenvalue weighted by Crippen LogP contribution is 2.45. The molecule has 0 spiro atoms. The van der Waals surface area contributed by atoms with E-state index in [0.29, 0.717) is 49.2 Å². The van der Waals surface area contributed by atoms with Crippen LogP contribution in [0.3, 0.4) is 0 Å². The van der Waals surface area contributed by atoms with E-state index < -0.39 is 5.97 Å². The lowest BCUT2D eigenvalue weighted by Gasteiger charge is -2.15. The molecule has 8 heterocycles. The minimum absolute atomic E-state index is 0.0417. The largest absolute Gasteiger partial charge is 0.495 e. The maximum atomic E-state index is 12.1. The van der Waals surface area contributed by atoms with Crippen molar-refractivity contribution < 1.29 is 29.0 Å². The lowest BCUT2D eigenvalue weighted by atomic mass is 10.1. The van der Waals surface area contributed by atoms with Gasteiger partial charge in [-0.05, 0) is 66.1 Å². The Kier molecular flexibility index (Phi) is 10.8. The number of carboxylic acids is 1. The number of carboxylic acid groups (broad SMARTS) is 1. The SMILES string of the molecule is C=CC(=O)N1CCC(n2cc(-c3cc4cc(C(=O)O)cc(OC)c4s3)c3c(N)ncnc32)C1.C=CC(=O)N1CCC(n2cc(-c3cc4cccc(OC)c4s3)c3c(N)ncnc32)C1. The van der Waals surface area contributed by atoms with Gasteiger partial charge in [-0.15, -0.1) is 22.7 Å². The Morgan fingerprint density at radius 2 is 1.24 bits per heavy atom. The molecule has 5 N–H and O–H groups in total. The number of nitrogens with zero attached hydrogens (tertiary/aromatic N) is 8. The number of ether oxygens (including phenoxy) is 2. The highest BCUT2D eigenvalue weighted by atomic mass is 32.1. The molecule has 6 aromatic heterocycles. The van der Waals surface area contributed by atoms with E-state index in [9.17, 15) is 19.5 Å². The van der Waals surface area contributed by atoms with Gasteiger partial charge in [-0.2, -0.15) is 0 Å². The number of rotatable bonds is 9. The van der Waals surface area contributed by atoms with Gasteiger partial charge in [0.25, 0.3) is 0 Å². The number of thiophene rings is 2. The van der Waals surface area contributed by atoms with Crippen molar-refractivity contribution in [1.82, 2.24) is 38.9 Å². The molecule has 2 aliphatic heterocycles. The lowest BCUT2D eigenvalue weighted by Crippen LogP contribution is -2.27. The third-order valence-electron chi connectivity index (χ3n) is 11.7. The molecular weight excluding hydrogens is 841 g/mol. The summed E-state index contributed by atoms with van der Waals surface area (Å²) in [5, 5.41) is 12.9. The van der Waals surface area contributed by atoms with E-state index in [1.807, 2.05) is 29.3 Å². The second-order valence-corrected chi connectivity index (χ2v) is 17.3. The van der Waals surface area contributed by atoms with Gasteiger partial charge >= 0.3 is 5.97 Å². The van der Waals surface area contributed by atoms with Gasteiger partial charge in [0.1, 0.15) is 47.1 Å². The van der Waals surface area contributed by atoms with Gasteiger partial charge in [0.15, 0.2) is 0 Å². The number of hydrogen-bond donors (Lipinski definition) is 3. The third-order valence-corrected chi connectivity index (χ3v) is 14.1. The molecule has 8 aromatic rings. The van der Waals surface area contributed by atoms with Gasteiger partial charge in [0.05, 0.1) is 52.0 Å². The molecular formula is C45H42N10O6S2. The average molecular weight is 883 g/mol. The van der Waals surface area contributed by atoms with Crippen LogP contribution in [0.5, 0.6) is 11.5 Å². The molecule has 16 nitrogen and oxygen atoms in total. The minimum Gasteiger partial charge on any atom is -0.495 e. The van der Waals surface area contributed by atoms with Crippen LogP contribution in [0.1, 0.15) is 35.3 Å². The monoisotopic (exact) mass is 882 g/mol. The number of methoxy groups -OCH3 is 2. The molecule has 0 aliphatic carbocycles. The van der Waals surface area contributed by atoms with Crippen molar-refractivity contribution in [2.24, 2.45) is 0 Å². The van der Waals surface area contributed by atoms with E-state index in [4.69, 9.17) is 20.9 Å². The predicted molar refractivity (Wildman–Crippen MR) is 246 cm³/mol. The van der Waals surface area contributed by atoms with E-state index in [2.05, 4.69) is 60.6 Å². The van der Waals surface area contributed by atoms with Crippen LogP contribution < -0.4 is 20.9 Å². The van der Waals surface area contributed by atoms with Crippen molar-refractivity contribution in [3.05, 3.63) is 98.4 Å². The van der Waals surface area contributed by atoms with Gasteiger partial charge in [-0.25, -0.2) is 24.7 Å². The highest BCUT2D eigenvalue weighted by Gasteiger charge is 2.31. The minimum atomic E-state index is -1.02. The Hall–Kier alpha value is -7.31. The molecule has 10 rings (SSSR count). The fourth-order valence-electron chi connectivity index (χ4n) is 8.60. The topological polar surface area (TPSA) is 210 Å². The first-order valence-corrected chi connectivity index (χ1v) is 21.6. The van der Waals surface area contributed by atoms with E-state index in [0.717, 1.165) is 76.1 Å². The van der Waals surface area contributed by atoms with E-state index in [-0.39, 0.29) is 29.5 Å². The molecule has 2 atom stereocenters. The summed E-state index contributed by atoms with van der Waals surface area (Å²) in [6.45, 7) is 9.70. The molecule has 2 aromatic carbocycles. The number of nitrogens with two attached hydrogens (primary N) is 2. The molecule has 2 saturated heterocycles. The van der Waals surface area contributed by atoms with Crippen molar-refractivity contribution in [2.75, 3.05) is 51.9 Å². The number of fused-ring (bicyclic) bond motifs is 4. The summed E-state index contributed by atoms with van der Waals surface area (Å²) in [7, 11) is 3.20. The smallest absolute Gasteiger partial charge is 0.335 e. The van der Waals surface area contributed by atoms with Gasteiger partial charge in [-0.3, -0.25) is 9.59 Å². The van der Waals surface area contributed by atoms with Gasteiger partial charge in [0, 0.05) is 59.5 Å². The number of aromatic nitrogens is 6. The zero-order valence-corrected chi connectivity index (χ0v) is 36.0. The maximum absolute atomic E-state index is 12.1. The summed E-state index contributed by atoms with van der Waals surface area (Å²) < 4.78 is 17.1. The first kappa shape index (κ1) is 41.1. The maximum Gasteiger partial charge on any atom is 0.335 e. The van der Waals surface area contributed by atoms with Crippen LogP contribution in [0, 0.1) is 0 Å². The number of likely N-dealkylation sites (tertiary alicyclic amines) is 2. The Labute approximate surface area is 368 Å². The Bertz CT molecular complexity index is 3150. The molecule has 18 heteroatoms. The Balaban J connectivity index is 0.000000161. The van der Waals surface area contributed by atoms with Crippen molar-refractivity contribution >= 4 is 94.3 Å². The molecule has 0 saturated carbocycles. The number of aromatic carboxylic acids is 1. The second-order valence-electron chi connectivity index (χ2n) is 15.2. The summed E-state index contributed by atoms with van der Waals surface area (Å²) in [4.78, 5) is 58.7. The van der Waals surface area contributed by atoms with Crippen LogP contribution in [-0.2, 0) is 9.59 Å². The van der Waals surface area contributed by atoms with Crippen LogP contribution in [0.25, 0.3) is 63.1 Å². The molecule has 2 fully saturated rings. The molecule has 63 heavy (non-hydrogen) atoms. The summed E-state index contributed by atoms with van der Waals surface area (Å²) in [6, 6.07) is 13.4. The number of carbonyl (C=O) groups is 3. The highest BCUT2D eigenvalue weighted by molar-refractivity contribution is 7.23. The standard InChI is InChI=1S/C23H21N5O4S.C22H21N5O2S/c1-3-18(29)27-5-4-14(9-27)28-10-15(19-21(24)25-11-26-22(19)28)17-8-12-6-13(23(30)31)7-16(32-2)20(12)33-17;1-3-18(28)26-8-7-14(10-26)27-11-15(19-21(23)24-12-25-22(19)27)17-9-13-5-4-6-16(29-2)20(13)30-17/h3,6-8,10-11,14H,1,4-5,9H2,2H3,(H,30,31)(H2,24,25,26);3-6,9,11-12,14H,1,7-8,10H2,2H3,(H2,23,24,25). The average Bonchev–Trinajstić information content (AvgIpc) is 4.15. The molecule has 0 bridgehead atoms. The third kappa shape index (κ3) is 7.25. The summed E-state index contributed by atoms with van der Waals surface area (Å²) >= 11 is 3.15. The summed E-state index contributed by atoms with van der Waals surface area (Å²) in [6.07, 6.45) is 11.4. The molecule has 2 amide bonds. The quantitative estimate of drug-likeness (QED) is 0.121. The Morgan fingerprint density at radius 3 is 1.73 bits per heavy atom. The second kappa shape index (κ2) is 16.5. The van der Waals surface area contributed by atoms with Crippen LogP contribution in [0.4, 0.5) is 11.6 Å². The summed E-state index contributed by atoms with van der Waals surface area (Å²) in [5.74, 6) is 1.03. The Morgan fingerprint density at radius 1 is 0.730 bits per heavy atom. The lowest BCUT2D eigenvalue weighted by molar-refractivity contribution is -0.125. The van der Waals surface area contributed by atoms with Gasteiger partial charge < -0.3 is 45.0 Å². The zero-order chi connectivity index (χ0) is 44.1. The number of hydrogen-bond acceptors (Lipinski definition) is 13. The van der Waals surface area contributed by atoms with E-state index in [1.165, 1.54) is 49.3 Å². The first-order chi connectivity index (χ1) is 30.5. The number of carbonyl (C=O) groups excluding carboxylic acids is 2. The first-order valence-electron chi connectivity index (χ1n) is 20.0. The van der Waals surface area contributed by atoms with E-state index >= 15 is 0 Å². The number of anilines is 2. The van der Waals surface area contributed by atoms with Crippen LogP contribution in [0.15, 0.2) is 92.8 Å². The van der Waals surface area contributed by atoms with Crippen LogP contribution in [-0.4, -0.2) is 102 Å². The van der Waals surface area contributed by atoms with Gasteiger partial charge in [-0.1, -0.05) is 25.3 Å². The molecule has 320 valence electrons. The molecule has 2 aliphatic rings. The number of benzene rings is 2. The normalized spacial score (nSPS) is 16.2. The summed E-state index contributed by atoms with van der Waals surface area (Å²) in [5.41, 5.74) is 16.1. The van der Waals surface area contributed by atoms with Gasteiger partial charge in [0.2, 0.25) is 11.8 Å². The van der Waals surface area contributed by atoms with Crippen LogP contribution in [0.2, 0.25) is 0 Å². The fourth-order valence-corrected chi connectivity index (χ4v) is 10.9. The molecule has 2 unspecified atom stereocenters. The molecule has 0 radical (unpaired) electrons. The number of amides is 2. The van der Waals surface area contributed by atoms with Crippen molar-refractivity contribution in [3.8, 4) is 32.4 Å². The van der Waals surface area contributed by atoms with Crippen LogP contribution >= 0.6 is 22.7 Å².